The van der Waals surface area contributed by atoms with Crippen molar-refractivity contribution in [1.29, 1.82) is 0 Å². The van der Waals surface area contributed by atoms with Crippen LogP contribution in [0.4, 0.5) is 15.3 Å². The standard InChI is InChI=1S/C26H30N4O5S/c1-3-27-25(31)30-16-14-19(15-17-30)29-36(33,34)24-13-12-23(20-9-5-6-10-21(20)24)35-26(32)28-22-11-7-4-8-18(22)2/h4-13,19,29H,3,14-17H2,1-2H3,(H,27,31)(H,28,32). The number of carbonyl (C=O) groups excluding carboxylic acids is 2. The first-order chi connectivity index (χ1) is 17.3. The van der Waals surface area contributed by atoms with Gasteiger partial charge in [0, 0.05) is 42.1 Å². The maximum absolute atomic E-state index is 13.3. The number of para-hydroxylation sites is 1. The molecule has 1 aliphatic heterocycles. The highest BCUT2D eigenvalue weighted by atomic mass is 32.2. The molecule has 10 heteroatoms. The second kappa shape index (κ2) is 11.0. The van der Waals surface area contributed by atoms with E-state index in [0.717, 1.165) is 5.56 Å². The average Bonchev–Trinajstić information content (AvgIpc) is 2.86. The molecule has 0 spiro atoms. The first kappa shape index (κ1) is 25.5. The van der Waals surface area contributed by atoms with Crippen LogP contribution in [0.25, 0.3) is 10.8 Å². The van der Waals surface area contributed by atoms with E-state index < -0.39 is 16.1 Å². The summed E-state index contributed by atoms with van der Waals surface area (Å²) in [4.78, 5) is 26.4. The van der Waals surface area contributed by atoms with Crippen LogP contribution in [0.5, 0.6) is 5.75 Å². The Kier molecular flexibility index (Phi) is 7.76. The van der Waals surface area contributed by atoms with Crippen molar-refractivity contribution in [3.63, 3.8) is 0 Å². The molecule has 0 atom stereocenters. The normalized spacial score (nSPS) is 14.4. The maximum atomic E-state index is 13.3. The number of nitrogens with zero attached hydrogens (tertiary/aromatic N) is 1. The molecule has 1 fully saturated rings. The van der Waals surface area contributed by atoms with Gasteiger partial charge in [0.15, 0.2) is 0 Å². The lowest BCUT2D eigenvalue weighted by atomic mass is 10.1. The van der Waals surface area contributed by atoms with Gasteiger partial charge in [0.2, 0.25) is 10.0 Å². The molecule has 0 bridgehead atoms. The van der Waals surface area contributed by atoms with E-state index in [0.29, 0.717) is 48.9 Å². The molecule has 1 saturated heterocycles. The number of piperidine rings is 1. The minimum Gasteiger partial charge on any atom is -0.409 e. The van der Waals surface area contributed by atoms with E-state index in [2.05, 4.69) is 15.4 Å². The molecule has 0 saturated carbocycles. The van der Waals surface area contributed by atoms with Crippen LogP contribution < -0.4 is 20.1 Å². The second-order valence-corrected chi connectivity index (χ2v) is 10.3. The molecule has 0 aromatic heterocycles. The summed E-state index contributed by atoms with van der Waals surface area (Å²) in [6.07, 6.45) is 0.380. The number of rotatable bonds is 6. The Balaban J connectivity index is 1.50. The maximum Gasteiger partial charge on any atom is 0.417 e. The number of ether oxygens (including phenoxy) is 1. The fourth-order valence-corrected chi connectivity index (χ4v) is 5.78. The van der Waals surface area contributed by atoms with Gasteiger partial charge < -0.3 is 15.0 Å². The molecule has 9 nitrogen and oxygen atoms in total. The van der Waals surface area contributed by atoms with Gasteiger partial charge in [0.1, 0.15) is 5.75 Å². The van der Waals surface area contributed by atoms with Crippen molar-refractivity contribution in [2.75, 3.05) is 25.0 Å². The van der Waals surface area contributed by atoms with Crippen LogP contribution in [-0.2, 0) is 10.0 Å². The largest absolute Gasteiger partial charge is 0.417 e. The predicted octanol–water partition coefficient (Wildman–Crippen LogP) is 4.23. The van der Waals surface area contributed by atoms with Crippen LogP contribution in [0.3, 0.4) is 0 Å². The molecule has 4 rings (SSSR count). The Morgan fingerprint density at radius 2 is 1.64 bits per heavy atom. The SMILES string of the molecule is CCNC(=O)N1CCC(NS(=O)(=O)c2ccc(OC(=O)Nc3ccccc3C)c3ccccc23)CC1. The Morgan fingerprint density at radius 3 is 2.33 bits per heavy atom. The van der Waals surface area contributed by atoms with Gasteiger partial charge in [-0.3, -0.25) is 5.32 Å². The highest BCUT2D eigenvalue weighted by Gasteiger charge is 2.28. The van der Waals surface area contributed by atoms with Gasteiger partial charge in [-0.15, -0.1) is 0 Å². The first-order valence-corrected chi connectivity index (χ1v) is 13.4. The fourth-order valence-electron chi connectivity index (χ4n) is 4.26. The number of fused-ring (bicyclic) bond motifs is 1. The Bertz CT molecular complexity index is 1370. The molecule has 0 aliphatic carbocycles. The molecular formula is C26H30N4O5S. The van der Waals surface area contributed by atoms with E-state index in [9.17, 15) is 18.0 Å². The van der Waals surface area contributed by atoms with Crippen molar-refractivity contribution in [3.8, 4) is 5.75 Å². The monoisotopic (exact) mass is 510 g/mol. The number of carbonyl (C=O) groups is 2. The molecule has 3 aromatic carbocycles. The molecule has 190 valence electrons. The van der Waals surface area contributed by atoms with Gasteiger partial charge in [0.25, 0.3) is 0 Å². The molecule has 3 N–H and O–H groups in total. The molecule has 0 unspecified atom stereocenters. The smallest absolute Gasteiger partial charge is 0.409 e. The third-order valence-corrected chi connectivity index (χ3v) is 7.73. The third kappa shape index (κ3) is 5.77. The van der Waals surface area contributed by atoms with Gasteiger partial charge in [-0.05, 0) is 50.5 Å². The minimum absolute atomic E-state index is 0.107. The number of aryl methyl sites for hydroxylation is 1. The fraction of sp³-hybridized carbons (Fsp3) is 0.308. The van der Waals surface area contributed by atoms with E-state index >= 15 is 0 Å². The second-order valence-electron chi connectivity index (χ2n) is 8.65. The molecular weight excluding hydrogens is 480 g/mol. The number of urea groups is 1. The zero-order valence-corrected chi connectivity index (χ0v) is 21.1. The van der Waals surface area contributed by atoms with Gasteiger partial charge in [-0.2, -0.15) is 0 Å². The number of likely N-dealkylation sites (tertiary alicyclic amines) is 1. The third-order valence-electron chi connectivity index (χ3n) is 6.15. The van der Waals surface area contributed by atoms with Crippen LogP contribution >= 0.6 is 0 Å². The van der Waals surface area contributed by atoms with Crippen molar-refractivity contribution in [2.24, 2.45) is 0 Å². The van der Waals surface area contributed by atoms with Gasteiger partial charge in [0.05, 0.1) is 4.90 Å². The molecule has 3 amide bonds. The summed E-state index contributed by atoms with van der Waals surface area (Å²) in [6, 6.07) is 16.8. The first-order valence-electron chi connectivity index (χ1n) is 11.9. The van der Waals surface area contributed by atoms with Crippen molar-refractivity contribution in [2.45, 2.75) is 37.6 Å². The van der Waals surface area contributed by atoms with E-state index in [1.807, 2.05) is 32.0 Å². The number of benzene rings is 3. The molecule has 36 heavy (non-hydrogen) atoms. The van der Waals surface area contributed by atoms with Crippen molar-refractivity contribution in [3.05, 3.63) is 66.2 Å². The Labute approximate surface area is 210 Å². The number of anilines is 1. The zero-order chi connectivity index (χ0) is 25.7. The van der Waals surface area contributed by atoms with Crippen LogP contribution in [-0.4, -0.2) is 51.1 Å². The van der Waals surface area contributed by atoms with Gasteiger partial charge >= 0.3 is 12.1 Å². The molecule has 0 radical (unpaired) electrons. The van der Waals surface area contributed by atoms with E-state index in [-0.39, 0.29) is 22.7 Å². The summed E-state index contributed by atoms with van der Waals surface area (Å²) in [5.41, 5.74) is 1.53. The highest BCUT2D eigenvalue weighted by molar-refractivity contribution is 7.89. The van der Waals surface area contributed by atoms with Gasteiger partial charge in [-0.1, -0.05) is 42.5 Å². The lowest BCUT2D eigenvalue weighted by molar-refractivity contribution is 0.180. The van der Waals surface area contributed by atoms with Crippen LogP contribution in [0.15, 0.2) is 65.6 Å². The number of nitrogens with one attached hydrogen (secondary N) is 3. The summed E-state index contributed by atoms with van der Waals surface area (Å²) < 4.78 is 35.0. The lowest BCUT2D eigenvalue weighted by Gasteiger charge is -2.32. The summed E-state index contributed by atoms with van der Waals surface area (Å²) in [5.74, 6) is 0.255. The van der Waals surface area contributed by atoms with Crippen LogP contribution in [0.2, 0.25) is 0 Å². The zero-order valence-electron chi connectivity index (χ0n) is 20.3. The van der Waals surface area contributed by atoms with E-state index in [4.69, 9.17) is 4.74 Å². The molecule has 3 aromatic rings. The summed E-state index contributed by atoms with van der Waals surface area (Å²) in [7, 11) is -3.86. The van der Waals surface area contributed by atoms with Crippen molar-refractivity contribution in [1.82, 2.24) is 14.9 Å². The van der Waals surface area contributed by atoms with E-state index in [1.54, 1.807) is 35.2 Å². The Hall–Kier alpha value is -3.63. The van der Waals surface area contributed by atoms with Gasteiger partial charge in [-0.25, -0.2) is 22.7 Å². The topological polar surface area (TPSA) is 117 Å². The number of amides is 3. The predicted molar refractivity (Wildman–Crippen MR) is 139 cm³/mol. The summed E-state index contributed by atoms with van der Waals surface area (Å²) in [5, 5.41) is 6.44. The quantitative estimate of drug-likeness (QED) is 0.459. The van der Waals surface area contributed by atoms with Crippen molar-refractivity contribution >= 4 is 38.6 Å². The number of sulfonamides is 1. The summed E-state index contributed by atoms with van der Waals surface area (Å²) >= 11 is 0. The lowest BCUT2D eigenvalue weighted by Crippen LogP contribution is -2.49. The average molecular weight is 511 g/mol. The molecule has 1 heterocycles. The van der Waals surface area contributed by atoms with Crippen molar-refractivity contribution < 1.29 is 22.7 Å². The molecule has 1 aliphatic rings. The Morgan fingerprint density at radius 1 is 0.972 bits per heavy atom. The minimum atomic E-state index is -3.86. The van der Waals surface area contributed by atoms with E-state index in [1.165, 1.54) is 12.1 Å². The van der Waals surface area contributed by atoms with Crippen LogP contribution in [0, 0.1) is 6.92 Å². The highest BCUT2D eigenvalue weighted by Crippen LogP contribution is 2.32. The number of hydrogen-bond donors (Lipinski definition) is 3. The number of hydrogen-bond acceptors (Lipinski definition) is 5. The summed E-state index contributed by atoms with van der Waals surface area (Å²) in [6.45, 7) is 5.23. The van der Waals surface area contributed by atoms with Crippen LogP contribution in [0.1, 0.15) is 25.3 Å².